The monoisotopic (exact) mass is 343 g/mol. The standard InChI is InChI=1S/C18H21N3O4/c1-23-13-8-12(9-14(10-13)24-2)18(22)21-7-3-4-15(21)17-19-16(20-25-17)11-5-6-11/h8-11,15H,3-7H2,1-2H3. The fraction of sp³-hybridized carbons (Fsp3) is 0.500. The third kappa shape index (κ3) is 3.06. The first-order valence-corrected chi connectivity index (χ1v) is 8.57. The van der Waals surface area contributed by atoms with Gasteiger partial charge in [-0.25, -0.2) is 0 Å². The van der Waals surface area contributed by atoms with Crippen molar-refractivity contribution in [3.63, 3.8) is 0 Å². The molecule has 132 valence electrons. The van der Waals surface area contributed by atoms with Crippen molar-refractivity contribution in [1.82, 2.24) is 15.0 Å². The van der Waals surface area contributed by atoms with Crippen molar-refractivity contribution in [2.24, 2.45) is 0 Å². The van der Waals surface area contributed by atoms with Crippen LogP contribution in [0.25, 0.3) is 0 Å². The number of carbonyl (C=O) groups excluding carboxylic acids is 1. The Morgan fingerprint density at radius 2 is 1.88 bits per heavy atom. The van der Waals surface area contributed by atoms with Crippen molar-refractivity contribution >= 4 is 5.91 Å². The maximum absolute atomic E-state index is 13.0. The van der Waals surface area contributed by atoms with E-state index in [1.165, 1.54) is 0 Å². The second kappa shape index (κ2) is 6.38. The highest BCUT2D eigenvalue weighted by molar-refractivity contribution is 5.95. The first kappa shape index (κ1) is 15.9. The van der Waals surface area contributed by atoms with Gasteiger partial charge in [0.05, 0.1) is 14.2 Å². The van der Waals surface area contributed by atoms with E-state index in [1.54, 1.807) is 37.3 Å². The average Bonchev–Trinajstić information content (AvgIpc) is 3.19. The molecule has 2 fully saturated rings. The van der Waals surface area contributed by atoms with Gasteiger partial charge in [-0.2, -0.15) is 4.98 Å². The van der Waals surface area contributed by atoms with Crippen LogP contribution in [-0.2, 0) is 0 Å². The van der Waals surface area contributed by atoms with Crippen LogP contribution in [0, 0.1) is 0 Å². The Labute approximate surface area is 145 Å². The van der Waals surface area contributed by atoms with Crippen molar-refractivity contribution in [3.05, 3.63) is 35.5 Å². The fourth-order valence-corrected chi connectivity index (χ4v) is 3.25. The largest absolute Gasteiger partial charge is 0.497 e. The van der Waals surface area contributed by atoms with Crippen LogP contribution in [0.2, 0.25) is 0 Å². The van der Waals surface area contributed by atoms with Gasteiger partial charge in [-0.1, -0.05) is 5.16 Å². The summed E-state index contributed by atoms with van der Waals surface area (Å²) in [4.78, 5) is 19.4. The van der Waals surface area contributed by atoms with Crippen LogP contribution in [0.4, 0.5) is 0 Å². The summed E-state index contributed by atoms with van der Waals surface area (Å²) in [5.41, 5.74) is 0.532. The average molecular weight is 343 g/mol. The molecule has 0 radical (unpaired) electrons. The van der Waals surface area contributed by atoms with E-state index in [2.05, 4.69) is 10.1 Å². The molecule has 1 saturated carbocycles. The highest BCUT2D eigenvalue weighted by Crippen LogP contribution is 2.40. The quantitative estimate of drug-likeness (QED) is 0.831. The third-order valence-electron chi connectivity index (χ3n) is 4.80. The minimum atomic E-state index is -0.162. The molecule has 25 heavy (non-hydrogen) atoms. The Bertz CT molecular complexity index is 762. The molecule has 4 rings (SSSR count). The van der Waals surface area contributed by atoms with Crippen molar-refractivity contribution < 1.29 is 18.8 Å². The van der Waals surface area contributed by atoms with E-state index in [0.29, 0.717) is 35.4 Å². The van der Waals surface area contributed by atoms with Crippen molar-refractivity contribution in [2.45, 2.75) is 37.6 Å². The molecule has 0 spiro atoms. The predicted octanol–water partition coefficient (Wildman–Crippen LogP) is 2.94. The minimum absolute atomic E-state index is 0.0779. The Kier molecular flexibility index (Phi) is 4.07. The number of ether oxygens (including phenoxy) is 2. The normalized spacial score (nSPS) is 19.9. The summed E-state index contributed by atoms with van der Waals surface area (Å²) in [5.74, 6) is 2.86. The first-order valence-electron chi connectivity index (χ1n) is 8.57. The lowest BCUT2D eigenvalue weighted by Crippen LogP contribution is -2.30. The predicted molar refractivity (Wildman–Crippen MR) is 88.8 cm³/mol. The number of aromatic nitrogens is 2. The highest BCUT2D eigenvalue weighted by Gasteiger charge is 2.36. The molecule has 1 aliphatic carbocycles. The third-order valence-corrected chi connectivity index (χ3v) is 4.80. The first-order chi connectivity index (χ1) is 12.2. The maximum atomic E-state index is 13.0. The summed E-state index contributed by atoms with van der Waals surface area (Å²) in [5, 5.41) is 4.08. The van der Waals surface area contributed by atoms with Gasteiger partial charge in [-0.3, -0.25) is 4.79 Å². The molecule has 1 saturated heterocycles. The zero-order valence-electron chi connectivity index (χ0n) is 14.4. The number of rotatable bonds is 5. The van der Waals surface area contributed by atoms with E-state index in [0.717, 1.165) is 31.5 Å². The Morgan fingerprint density at radius 1 is 1.16 bits per heavy atom. The lowest BCUT2D eigenvalue weighted by molar-refractivity contribution is 0.0709. The number of hydrogen-bond acceptors (Lipinski definition) is 6. The topological polar surface area (TPSA) is 77.7 Å². The van der Waals surface area contributed by atoms with Crippen molar-refractivity contribution in [1.29, 1.82) is 0 Å². The van der Waals surface area contributed by atoms with Gasteiger partial charge >= 0.3 is 0 Å². The second-order valence-electron chi connectivity index (χ2n) is 6.52. The molecule has 2 heterocycles. The van der Waals surface area contributed by atoms with E-state index < -0.39 is 0 Å². The zero-order chi connectivity index (χ0) is 17.4. The number of nitrogens with zero attached hydrogens (tertiary/aromatic N) is 3. The minimum Gasteiger partial charge on any atom is -0.497 e. The molecular weight excluding hydrogens is 322 g/mol. The van der Waals surface area contributed by atoms with Gasteiger partial charge in [0.15, 0.2) is 5.82 Å². The molecule has 2 aliphatic rings. The van der Waals surface area contributed by atoms with Gasteiger partial charge in [0, 0.05) is 24.1 Å². The second-order valence-corrected chi connectivity index (χ2v) is 6.52. The van der Waals surface area contributed by atoms with E-state index in [1.807, 2.05) is 0 Å². The summed E-state index contributed by atoms with van der Waals surface area (Å²) in [6.45, 7) is 0.671. The lowest BCUT2D eigenvalue weighted by atomic mass is 10.1. The molecule has 7 heteroatoms. The molecule has 0 N–H and O–H groups in total. The molecule has 2 aromatic rings. The van der Waals surface area contributed by atoms with E-state index >= 15 is 0 Å². The summed E-state index contributed by atoms with van der Waals surface area (Å²) in [7, 11) is 3.14. The van der Waals surface area contributed by atoms with E-state index in [-0.39, 0.29) is 11.9 Å². The molecular formula is C18H21N3O4. The molecule has 1 unspecified atom stereocenters. The van der Waals surface area contributed by atoms with Crippen LogP contribution < -0.4 is 9.47 Å². The van der Waals surface area contributed by atoms with Crippen molar-refractivity contribution in [3.8, 4) is 11.5 Å². The smallest absolute Gasteiger partial charge is 0.254 e. The van der Waals surface area contributed by atoms with Gasteiger partial charge in [0.25, 0.3) is 5.91 Å². The summed E-state index contributed by atoms with van der Waals surface area (Å²) in [6, 6.07) is 5.04. The van der Waals surface area contributed by atoms with Gasteiger partial charge in [0.1, 0.15) is 17.5 Å². The number of carbonyl (C=O) groups is 1. The van der Waals surface area contributed by atoms with Crippen LogP contribution in [-0.4, -0.2) is 41.7 Å². The summed E-state index contributed by atoms with van der Waals surface area (Å²) >= 11 is 0. The molecule has 1 atom stereocenters. The van der Waals surface area contributed by atoms with E-state index in [4.69, 9.17) is 14.0 Å². The van der Waals surface area contributed by atoms with Gasteiger partial charge in [-0.15, -0.1) is 0 Å². The summed E-state index contributed by atoms with van der Waals surface area (Å²) in [6.07, 6.45) is 3.99. The Balaban J connectivity index is 1.59. The van der Waals surface area contributed by atoms with Gasteiger partial charge in [-0.05, 0) is 37.8 Å². The van der Waals surface area contributed by atoms with Crippen LogP contribution in [0.15, 0.2) is 22.7 Å². The lowest BCUT2D eigenvalue weighted by Gasteiger charge is -2.22. The molecule has 1 aliphatic heterocycles. The maximum Gasteiger partial charge on any atom is 0.254 e. The van der Waals surface area contributed by atoms with Crippen LogP contribution >= 0.6 is 0 Å². The van der Waals surface area contributed by atoms with E-state index in [9.17, 15) is 4.79 Å². The van der Waals surface area contributed by atoms with Crippen LogP contribution in [0.5, 0.6) is 11.5 Å². The number of hydrogen-bond donors (Lipinski definition) is 0. The Hall–Kier alpha value is -2.57. The Morgan fingerprint density at radius 3 is 2.52 bits per heavy atom. The molecule has 7 nitrogen and oxygen atoms in total. The zero-order valence-corrected chi connectivity index (χ0v) is 14.4. The van der Waals surface area contributed by atoms with Crippen LogP contribution in [0.1, 0.15) is 59.7 Å². The number of amides is 1. The number of likely N-dealkylation sites (tertiary alicyclic amines) is 1. The molecule has 1 amide bonds. The van der Waals surface area contributed by atoms with Gasteiger partial charge in [0.2, 0.25) is 5.89 Å². The molecule has 0 bridgehead atoms. The molecule has 1 aromatic heterocycles. The van der Waals surface area contributed by atoms with Crippen LogP contribution in [0.3, 0.4) is 0 Å². The van der Waals surface area contributed by atoms with Gasteiger partial charge < -0.3 is 18.9 Å². The summed E-state index contributed by atoms with van der Waals surface area (Å²) < 4.78 is 16.0. The fourth-order valence-electron chi connectivity index (χ4n) is 3.25. The number of benzene rings is 1. The highest BCUT2D eigenvalue weighted by atomic mass is 16.5. The number of methoxy groups -OCH3 is 2. The SMILES string of the molecule is COc1cc(OC)cc(C(=O)N2CCCC2c2nc(C3CC3)no2)c1. The van der Waals surface area contributed by atoms with Crippen molar-refractivity contribution in [2.75, 3.05) is 20.8 Å². The molecule has 1 aromatic carbocycles.